The number of hydrogen-bond donors (Lipinski definition) is 24. The number of carbonyl (C=O) groups is 7. The molecule has 0 aromatic heterocycles. The van der Waals surface area contributed by atoms with Crippen LogP contribution in [-0.2, 0) is 63.7 Å². The lowest BCUT2D eigenvalue weighted by Gasteiger charge is -2.50. The first kappa shape index (κ1) is 77.1. The second kappa shape index (κ2) is 34.6. The van der Waals surface area contributed by atoms with Gasteiger partial charge < -0.3 is 148 Å². The number of benzene rings is 2. The van der Waals surface area contributed by atoms with Gasteiger partial charge in [0.05, 0.1) is 38.4 Å². The second-order valence-corrected chi connectivity index (χ2v) is 25.1. The largest absolute Gasteiger partial charge is 0.508 e. The highest BCUT2D eigenvalue weighted by atomic mass is 16.7. The minimum atomic E-state index is -2.55. The second-order valence-electron chi connectivity index (χ2n) is 25.1. The van der Waals surface area contributed by atoms with E-state index >= 15 is 14.4 Å². The van der Waals surface area contributed by atoms with Crippen molar-refractivity contribution >= 4 is 53.3 Å². The fourth-order valence-corrected chi connectivity index (χ4v) is 12.6. The Bertz CT molecular complexity index is 3110. The fourth-order valence-electron chi connectivity index (χ4n) is 12.6. The zero-order valence-corrected chi connectivity index (χ0v) is 53.9. The topological polar surface area (TPSA) is 599 Å². The van der Waals surface area contributed by atoms with Crippen molar-refractivity contribution in [2.45, 2.75) is 205 Å². The van der Waals surface area contributed by atoms with Crippen LogP contribution in [0.4, 0.5) is 0 Å². The standard InChI is InChI=1S/C61H90N12O26/c1-3-4-5-9-12-37(79)95-24-35-44(83)46(85)50(89)59(98-35)99-51-34(23-76)97-57(49(88)47(51)86)72-31(17-26-13-15-28(77)16-14-26)53(91)70-39(41(80)29-18-65-60(62)68-29)55(93)71-40(42(81)32-19-66-61(63)73(32)58-48(87)45(84)43(82)33(22-75)96-58)54(92)67-30(21-74)52(90)64-20-36(78)69-38(56(72)94)25(2)27-10-7-6-8-11-27/h6-8,10-11,13-16,25,29-35,38-51,57-59,74-77,80-89H,3-5,9,12,17-24H2,1-2H3,(H2,63,66)(H,64,90)(H,67,92)(H,69,78)(H,70,91)(H,71,93)(H3,62,65,68). The lowest BCUT2D eigenvalue weighted by Crippen LogP contribution is -2.72. The Balaban J connectivity index is 1.24. The van der Waals surface area contributed by atoms with Gasteiger partial charge in [0.15, 0.2) is 30.7 Å². The van der Waals surface area contributed by atoms with E-state index in [0.717, 1.165) is 24.2 Å². The van der Waals surface area contributed by atoms with Gasteiger partial charge in [-0.25, -0.2) is 0 Å². The number of ether oxygens (including phenoxy) is 5. The molecule has 99 heavy (non-hydrogen) atoms. The number of guanidine groups is 2. The molecule has 6 amide bonds. The van der Waals surface area contributed by atoms with Crippen molar-refractivity contribution < 1.29 is 129 Å². The normalized spacial score (nSPS) is 35.5. The molecule has 6 aliphatic heterocycles. The maximum Gasteiger partial charge on any atom is 0.305 e. The first-order valence-corrected chi connectivity index (χ1v) is 32.4. The molecule has 2 aromatic carbocycles. The molecule has 0 radical (unpaired) electrons. The molecule has 0 aliphatic carbocycles. The van der Waals surface area contributed by atoms with E-state index in [4.69, 9.17) is 34.5 Å². The molecule has 0 saturated carbocycles. The van der Waals surface area contributed by atoms with Crippen LogP contribution < -0.4 is 42.5 Å². The minimum Gasteiger partial charge on any atom is -0.508 e. The van der Waals surface area contributed by atoms with E-state index in [2.05, 4.69) is 42.5 Å². The molecule has 25 unspecified atom stereocenters. The van der Waals surface area contributed by atoms with E-state index in [1.807, 2.05) is 6.92 Å². The van der Waals surface area contributed by atoms with Gasteiger partial charge in [0.25, 0.3) is 0 Å². The van der Waals surface area contributed by atoms with E-state index in [-0.39, 0.29) is 24.3 Å². The number of aliphatic hydroxyl groups excluding tert-OH is 13. The zero-order valence-electron chi connectivity index (χ0n) is 53.9. The van der Waals surface area contributed by atoms with Gasteiger partial charge in [-0.3, -0.25) is 44.4 Å². The number of phenolic OH excluding ortho intramolecular Hbond substituents is 1. The minimum absolute atomic E-state index is 0.00528. The first-order valence-electron chi connectivity index (χ1n) is 32.4. The molecular formula is C61H90N12O26. The molecule has 2 aromatic rings. The quantitative estimate of drug-likeness (QED) is 0.0384. The molecule has 38 heteroatoms. The Labute approximate surface area is 565 Å². The van der Waals surface area contributed by atoms with Crippen molar-refractivity contribution in [3.05, 3.63) is 65.7 Å². The third kappa shape index (κ3) is 17.9. The summed E-state index contributed by atoms with van der Waals surface area (Å²) in [5, 5.41) is 194. The van der Waals surface area contributed by atoms with Crippen molar-refractivity contribution in [2.24, 2.45) is 0 Å². The Morgan fingerprint density at radius 2 is 1.23 bits per heavy atom. The molecule has 25 atom stereocenters. The highest BCUT2D eigenvalue weighted by Gasteiger charge is 2.57. The monoisotopic (exact) mass is 1410 g/mol. The van der Waals surface area contributed by atoms with Crippen LogP contribution in [0.25, 0.3) is 0 Å². The Morgan fingerprint density at radius 1 is 0.616 bits per heavy atom. The smallest absolute Gasteiger partial charge is 0.305 e. The highest BCUT2D eigenvalue weighted by Crippen LogP contribution is 2.35. The maximum absolute atomic E-state index is 16.3. The SMILES string of the molecule is CCCCCCC(=O)OCC1OC(OC2C(CO)OC(N3C(=O)C(C(C)c4ccccc4)NC(=O)CNC(=O)C(CO)NC(=O)C(C(O)C4CNC(=N)N4C4OC(CO)C(O)C(O)C4O)NC(=O)C(C(O)C4CNC(=N)N4)NC(=O)C3Cc3ccc(O)cc3)C(O)C2O)C(O)C(O)C1O. The van der Waals surface area contributed by atoms with Crippen LogP contribution in [-0.4, -0.2) is 327 Å². The Hall–Kier alpha value is -7.61. The summed E-state index contributed by atoms with van der Waals surface area (Å²) in [6.07, 6.45) is -33.4. The molecule has 24 N–H and O–H groups in total. The van der Waals surface area contributed by atoms with Crippen LogP contribution in [0.1, 0.15) is 63.0 Å². The van der Waals surface area contributed by atoms with Gasteiger partial charge in [0.1, 0.15) is 128 Å². The number of carbonyl (C=O) groups excluding carboxylic acids is 7. The molecule has 6 saturated heterocycles. The maximum atomic E-state index is 16.3. The summed E-state index contributed by atoms with van der Waals surface area (Å²) in [6, 6.07) is -1.70. The predicted molar refractivity (Wildman–Crippen MR) is 334 cm³/mol. The summed E-state index contributed by atoms with van der Waals surface area (Å²) in [6.45, 7) is -2.68. The third-order valence-corrected chi connectivity index (χ3v) is 18.3. The van der Waals surface area contributed by atoms with Crippen molar-refractivity contribution in [2.75, 3.05) is 46.1 Å². The van der Waals surface area contributed by atoms with Gasteiger partial charge in [-0.15, -0.1) is 0 Å². The molecule has 0 bridgehead atoms. The molecular weight excluding hydrogens is 1320 g/mol. The number of aliphatic hydroxyl groups is 13. The van der Waals surface area contributed by atoms with E-state index < -0.39 is 252 Å². The lowest BCUT2D eigenvalue weighted by molar-refractivity contribution is -0.348. The summed E-state index contributed by atoms with van der Waals surface area (Å²) < 4.78 is 29.1. The summed E-state index contributed by atoms with van der Waals surface area (Å²) in [4.78, 5) is 105. The number of hydrogen-bond acceptors (Lipinski definition) is 28. The van der Waals surface area contributed by atoms with E-state index in [1.165, 1.54) is 43.3 Å². The average Bonchev–Trinajstić information content (AvgIpc) is 1.74. The zero-order chi connectivity index (χ0) is 72.3. The number of amides is 6. The van der Waals surface area contributed by atoms with E-state index in [9.17, 15) is 90.7 Å². The summed E-state index contributed by atoms with van der Waals surface area (Å²) in [7, 11) is 0. The average molecular weight is 1410 g/mol. The highest BCUT2D eigenvalue weighted by molar-refractivity contribution is 5.99. The number of unbranched alkanes of at least 4 members (excludes halogenated alkanes) is 3. The van der Waals surface area contributed by atoms with Gasteiger partial charge in [0.2, 0.25) is 35.4 Å². The molecule has 6 heterocycles. The Kier molecular flexibility index (Phi) is 27.0. The molecule has 6 aliphatic rings. The van der Waals surface area contributed by atoms with Gasteiger partial charge >= 0.3 is 5.97 Å². The van der Waals surface area contributed by atoms with Crippen LogP contribution in [0.2, 0.25) is 0 Å². The van der Waals surface area contributed by atoms with Crippen LogP contribution in [0.15, 0.2) is 54.6 Å². The summed E-state index contributed by atoms with van der Waals surface area (Å²) in [5.41, 5.74) is 0.380. The molecule has 0 spiro atoms. The van der Waals surface area contributed by atoms with Crippen LogP contribution >= 0.6 is 0 Å². The lowest BCUT2D eigenvalue weighted by atomic mass is 9.89. The third-order valence-electron chi connectivity index (χ3n) is 18.3. The van der Waals surface area contributed by atoms with Gasteiger partial charge in [0, 0.05) is 31.8 Å². The molecule has 38 nitrogen and oxygen atoms in total. The van der Waals surface area contributed by atoms with Crippen molar-refractivity contribution in [1.29, 1.82) is 10.8 Å². The predicted octanol–water partition coefficient (Wildman–Crippen LogP) is -10.6. The Morgan fingerprint density at radius 3 is 1.88 bits per heavy atom. The van der Waals surface area contributed by atoms with E-state index in [0.29, 0.717) is 16.9 Å². The number of esters is 1. The van der Waals surface area contributed by atoms with E-state index in [1.54, 1.807) is 18.2 Å². The number of aromatic hydroxyl groups is 1. The number of rotatable bonds is 22. The molecule has 8 rings (SSSR count). The molecule has 550 valence electrons. The fraction of sp³-hybridized carbons (Fsp3) is 0.656. The van der Waals surface area contributed by atoms with Crippen molar-refractivity contribution in [3.63, 3.8) is 0 Å². The molecule has 6 fully saturated rings. The first-order chi connectivity index (χ1) is 47.1. The van der Waals surface area contributed by atoms with Gasteiger partial charge in [-0.2, -0.15) is 0 Å². The van der Waals surface area contributed by atoms with Gasteiger partial charge in [-0.05, 0) is 29.7 Å². The van der Waals surface area contributed by atoms with Crippen LogP contribution in [0.5, 0.6) is 5.75 Å². The number of phenols is 1. The van der Waals surface area contributed by atoms with Gasteiger partial charge in [-0.1, -0.05) is 75.6 Å². The van der Waals surface area contributed by atoms with Crippen molar-refractivity contribution in [3.8, 4) is 5.75 Å². The summed E-state index contributed by atoms with van der Waals surface area (Å²) in [5.74, 6) is -11.8. The van der Waals surface area contributed by atoms with Crippen LogP contribution in [0.3, 0.4) is 0 Å². The number of nitrogens with one attached hydrogen (secondary N) is 10. The summed E-state index contributed by atoms with van der Waals surface area (Å²) >= 11 is 0. The van der Waals surface area contributed by atoms with Crippen LogP contribution in [0, 0.1) is 10.8 Å². The number of nitrogens with zero attached hydrogens (tertiary/aromatic N) is 2. The van der Waals surface area contributed by atoms with Crippen molar-refractivity contribution in [1.82, 2.24) is 52.3 Å².